The first-order chi connectivity index (χ1) is 60.7. The Hall–Kier alpha value is -13.2. The molecular formula is C74H119N27O28. The van der Waals surface area contributed by atoms with Crippen molar-refractivity contribution in [1.29, 1.82) is 5.41 Å². The van der Waals surface area contributed by atoms with Gasteiger partial charge < -0.3 is 146 Å². The molecule has 1 aliphatic rings. The van der Waals surface area contributed by atoms with Gasteiger partial charge in [-0.1, -0.05) is 39.8 Å². The van der Waals surface area contributed by atoms with Crippen molar-refractivity contribution < 1.29 is 135 Å². The first kappa shape index (κ1) is 114. The summed E-state index contributed by atoms with van der Waals surface area (Å²) in [6, 6.07) is -20.9. The van der Waals surface area contributed by atoms with Crippen molar-refractivity contribution in [2.24, 2.45) is 40.5 Å². The number of carbonyl (C=O) groups is 26. The fourth-order valence-corrected chi connectivity index (χ4v) is 11.5. The molecule has 0 radical (unpaired) electrons. The number of aldehydes is 8. The Balaban J connectivity index is 4.23. The van der Waals surface area contributed by atoms with Crippen LogP contribution < -0.4 is 135 Å². The maximum atomic E-state index is 15.3. The second-order valence-electron chi connectivity index (χ2n) is 30.0. The highest BCUT2D eigenvalue weighted by Crippen LogP contribution is 2.15. The van der Waals surface area contributed by atoms with Gasteiger partial charge in [-0.15, -0.1) is 0 Å². The molecule has 33 N–H and O–H groups in total. The number of amides is 14. The molecule has 55 nitrogen and oxygen atoms in total. The highest BCUT2D eigenvalue weighted by molar-refractivity contribution is 6.15. The summed E-state index contributed by atoms with van der Waals surface area (Å²) in [5.74, 6) is -26.2. The fraction of sp³-hybridized carbons (Fsp3) is 0.608. The average Bonchev–Trinajstić information content (AvgIpc) is 1.30. The smallest absolute Gasteiger partial charge is 0.305 e. The number of hydrogen-bond donors (Lipinski definition) is 28. The number of guanidine groups is 1. The van der Waals surface area contributed by atoms with E-state index in [4.69, 9.17) is 39.2 Å². The van der Waals surface area contributed by atoms with Crippen molar-refractivity contribution in [2.45, 2.75) is 248 Å². The van der Waals surface area contributed by atoms with Crippen LogP contribution in [0.2, 0.25) is 0 Å². The number of nitrogens with zero attached hydrogens (tertiary/aromatic N) is 1. The van der Waals surface area contributed by atoms with Gasteiger partial charge in [0, 0.05) is 32.4 Å². The molecule has 0 fully saturated rings. The molecule has 0 unspecified atom stereocenters. The lowest BCUT2D eigenvalue weighted by Crippen LogP contribution is -2.70. The van der Waals surface area contributed by atoms with Gasteiger partial charge >= 0.3 is 11.9 Å². The van der Waals surface area contributed by atoms with E-state index >= 15 is 19.2 Å². The Morgan fingerprint density at radius 2 is 0.938 bits per heavy atom. The summed E-state index contributed by atoms with van der Waals surface area (Å²) >= 11 is 0. The Kier molecular flexibility index (Phi) is 52.7. The Bertz CT molecular complexity index is 4010. The zero-order chi connectivity index (χ0) is 98.1. The van der Waals surface area contributed by atoms with Gasteiger partial charge in [0.1, 0.15) is 62.4 Å². The molecule has 0 aliphatic carbocycles. The highest BCUT2D eigenvalue weighted by atomic mass is 16.4. The second kappa shape index (κ2) is 59.7. The van der Waals surface area contributed by atoms with Gasteiger partial charge in [-0.25, -0.2) is 0 Å². The number of rotatable bonds is 64. The van der Waals surface area contributed by atoms with E-state index < -0.39 is 304 Å². The van der Waals surface area contributed by atoms with Crippen LogP contribution in [0, 0.1) is 17.2 Å². The van der Waals surface area contributed by atoms with Crippen molar-refractivity contribution in [3.63, 3.8) is 0 Å². The number of carboxylic acid groups (broad SMARTS) is 2. The number of ketones is 2. The topological polar surface area (TPSA) is 882 Å². The normalized spacial score (nSPS) is 18.0. The largest absolute Gasteiger partial charge is 0.481 e. The van der Waals surface area contributed by atoms with Gasteiger partial charge in [-0.3, -0.25) is 134 Å². The van der Waals surface area contributed by atoms with Crippen LogP contribution in [0.25, 0.3) is 0 Å². The van der Waals surface area contributed by atoms with Crippen molar-refractivity contribution >= 4 is 162 Å². The molecule has 129 heavy (non-hydrogen) atoms. The zero-order valence-electron chi connectivity index (χ0n) is 71.9. The molecule has 1 rings (SSSR count). The number of hydrogen-bond acceptors (Lipinski definition) is 37. The van der Waals surface area contributed by atoms with E-state index in [1.54, 1.807) is 13.8 Å². The molecule has 0 saturated carbocycles. The fourth-order valence-electron chi connectivity index (χ4n) is 11.5. The van der Waals surface area contributed by atoms with Gasteiger partial charge in [0.25, 0.3) is 53.2 Å². The quantitative estimate of drug-likeness (QED) is 0.00511. The standard InChI is InChI=1S/C74H119N27O28/c1-34(2)23-43(31-107)91-62(72(128)97-57(83-36(5)27-103)67(123)85-37(6)63(119)84-38(7)64(120)95-56(81-20-22-102)66(122)98-59(92-45(33-109)25-51(116)117)68(124)87-39(8)86-44(32-108)24-50(114)115)100-71(127)61(90-42(30-106)16-18-48(77)112)99-70(126)60(88-40(28-104)13-12-19-82-74(79)80)96-65(121)54(46(110)26-75)101-21-11-9-10-14-49(113)93-58(89-41(29-105)15-17-47(76)111)69(125)94-53(73(101)129)55(118)52(78)35(3)4/h9,11,22,27-45,52-54,56-62,81,83,86,88-92H,10,12-21,23-26,75,78H2,1-8H3,(H2,76,111)(H2,77,112)(H,84,119)(H,85,123)(H,87,124)(H,93,113)(H,94,125)(H,95,120)(H,96,121)(H,97,128)(H,98,122)(H,99,126)(H,100,127)(H,114,115)(H,116,117)(H4,79,80,82)/b11-9+/t36-,37-,38-,39-,40+,41+,42+,43+,44+,45+,52-,53-,54-,56-,57-,58+,59-,60+,61-,62+/m0/s1. The number of Topliss-reactive ketones (excluding diaryl/α,β-unsaturated/α-hetero) is 2. The lowest BCUT2D eigenvalue weighted by molar-refractivity contribution is -0.151. The van der Waals surface area contributed by atoms with E-state index in [1.165, 1.54) is 26.8 Å². The van der Waals surface area contributed by atoms with Gasteiger partial charge in [0.05, 0.1) is 80.4 Å². The summed E-state index contributed by atoms with van der Waals surface area (Å²) in [5, 5.41) is 72.2. The van der Waals surface area contributed by atoms with Gasteiger partial charge in [-0.2, -0.15) is 0 Å². The Morgan fingerprint density at radius 3 is 1.40 bits per heavy atom. The molecule has 1 heterocycles. The maximum absolute atomic E-state index is 15.3. The molecule has 20 atom stereocenters. The summed E-state index contributed by atoms with van der Waals surface area (Å²) in [7, 11) is 0. The highest BCUT2D eigenvalue weighted by Gasteiger charge is 2.46. The Labute approximate surface area is 738 Å². The summed E-state index contributed by atoms with van der Waals surface area (Å²) in [6.07, 6.45) is -17.8. The van der Waals surface area contributed by atoms with Gasteiger partial charge in [0.2, 0.25) is 29.5 Å². The van der Waals surface area contributed by atoms with E-state index in [9.17, 15) is 111 Å². The van der Waals surface area contributed by atoms with Crippen molar-refractivity contribution in [3.05, 3.63) is 12.2 Å². The number of nitrogens with one attached hydrogen (secondary N) is 21. The third-order valence-corrected chi connectivity index (χ3v) is 18.3. The van der Waals surface area contributed by atoms with Crippen LogP contribution in [-0.4, -0.2) is 326 Å². The van der Waals surface area contributed by atoms with Crippen LogP contribution >= 0.6 is 0 Å². The van der Waals surface area contributed by atoms with Gasteiger partial charge in [0.15, 0.2) is 72.8 Å². The first-order valence-corrected chi connectivity index (χ1v) is 40.2. The van der Waals surface area contributed by atoms with E-state index in [0.717, 1.165) is 26.8 Å². The molecule has 0 aromatic carbocycles. The molecule has 0 bridgehead atoms. The third-order valence-electron chi connectivity index (χ3n) is 18.3. The van der Waals surface area contributed by atoms with Crippen LogP contribution in [0.1, 0.15) is 126 Å². The van der Waals surface area contributed by atoms with E-state index in [0.29, 0.717) is 4.90 Å². The zero-order valence-corrected chi connectivity index (χ0v) is 71.9. The molecule has 55 heteroatoms. The molecule has 1 aliphatic heterocycles. The molecule has 0 spiro atoms. The van der Waals surface area contributed by atoms with Gasteiger partial charge in [-0.05, 0) is 78.1 Å². The van der Waals surface area contributed by atoms with Crippen LogP contribution in [0.3, 0.4) is 0 Å². The second-order valence-corrected chi connectivity index (χ2v) is 30.0. The minimum Gasteiger partial charge on any atom is -0.481 e. The summed E-state index contributed by atoms with van der Waals surface area (Å²) in [4.78, 5) is 347. The lowest BCUT2D eigenvalue weighted by atomic mass is 9.94. The molecule has 718 valence electrons. The van der Waals surface area contributed by atoms with Crippen LogP contribution in [0.15, 0.2) is 12.2 Å². The predicted octanol–water partition coefficient (Wildman–Crippen LogP) is -15.6. The maximum Gasteiger partial charge on any atom is 0.305 e. The monoisotopic (exact) mass is 1830 g/mol. The third kappa shape index (κ3) is 43.3. The van der Waals surface area contributed by atoms with Crippen LogP contribution in [0.5, 0.6) is 0 Å². The number of carbonyl (C=O) groups excluding carboxylic acids is 24. The molecule has 0 saturated heterocycles. The SMILES string of the molecule is CC(C)C[C@H](C=O)N[C@H](NC(=O)[C@H](NC(=O)[C@@H](NC(=O)[C@H](C(=O)CN)N1C/C=C/CCC(=O)N[C@@H](N[C@@H](C=O)CCC(N)=O)C(=O)N[C@@H](C(=O)[C@@H](N)C(C)C)C1=O)N[C@@H](C=O)CCCNC(=N)N)N[C@@H](C=O)CCC(N)=O)C(=O)N[C@H](N[C@@H](C)C=O)C(=O)N[C@@H](C)C(=O)N[C@@H](C)C(=O)N[C@H](NCC=O)C(=O)N[C@H](N[C@@H](C=O)CC(=O)O)C(=O)N[C@@H](C)N[C@@H](C=O)CC(=O)O. The lowest BCUT2D eigenvalue weighted by Gasteiger charge is -2.34. The average molecular weight is 1830 g/mol. The molecule has 0 aromatic heterocycles. The molecular weight excluding hydrogens is 1710 g/mol. The van der Waals surface area contributed by atoms with Crippen molar-refractivity contribution in [2.75, 3.05) is 26.2 Å². The number of aliphatic carboxylic acids is 2. The minimum atomic E-state index is -2.61. The number of allylic oxidation sites excluding steroid dienone is 1. The molecule has 14 amide bonds. The van der Waals surface area contributed by atoms with Crippen LogP contribution in [0.4, 0.5) is 0 Å². The summed E-state index contributed by atoms with van der Waals surface area (Å²) < 4.78 is 0. The van der Waals surface area contributed by atoms with E-state index in [1.807, 2.05) is 0 Å². The molecule has 0 aromatic rings. The summed E-state index contributed by atoms with van der Waals surface area (Å²) in [6.45, 7) is 7.68. The van der Waals surface area contributed by atoms with E-state index in [-0.39, 0.29) is 88.9 Å². The van der Waals surface area contributed by atoms with Crippen LogP contribution in [-0.2, 0) is 125 Å². The predicted molar refractivity (Wildman–Crippen MR) is 445 cm³/mol. The minimum absolute atomic E-state index is 0.0569. The van der Waals surface area contributed by atoms with Crippen molar-refractivity contribution in [3.8, 4) is 0 Å². The number of primary amides is 2. The van der Waals surface area contributed by atoms with Crippen molar-refractivity contribution in [1.82, 2.24) is 111 Å². The summed E-state index contributed by atoms with van der Waals surface area (Å²) in [5.41, 5.74) is 28.3. The first-order valence-electron chi connectivity index (χ1n) is 40.2. The number of nitrogens with two attached hydrogens (primary N) is 5. The Morgan fingerprint density at radius 1 is 0.512 bits per heavy atom. The number of carboxylic acids is 2. The van der Waals surface area contributed by atoms with E-state index in [2.05, 4.69) is 106 Å².